The van der Waals surface area contributed by atoms with Gasteiger partial charge in [0.05, 0.1) is 4.92 Å². The van der Waals surface area contributed by atoms with E-state index < -0.39 is 33.7 Å². The Hall–Kier alpha value is -3.10. The van der Waals surface area contributed by atoms with Crippen LogP contribution in [0.1, 0.15) is 45.9 Å². The first-order chi connectivity index (χ1) is 13.1. The van der Waals surface area contributed by atoms with Crippen molar-refractivity contribution < 1.29 is 18.8 Å². The summed E-state index contributed by atoms with van der Waals surface area (Å²) in [6.45, 7) is 5.36. The van der Waals surface area contributed by atoms with Gasteiger partial charge in [-0.3, -0.25) is 10.1 Å². The van der Waals surface area contributed by atoms with Crippen LogP contribution in [0.4, 0.5) is 14.9 Å². The first-order valence-electron chi connectivity index (χ1n) is 8.88. The van der Waals surface area contributed by atoms with Gasteiger partial charge in [0.2, 0.25) is 5.82 Å². The number of alkyl carbamates (subject to hydrolysis) is 1. The van der Waals surface area contributed by atoms with Crippen molar-refractivity contribution in [3.05, 3.63) is 52.3 Å². The van der Waals surface area contributed by atoms with Crippen molar-refractivity contribution in [2.24, 2.45) is 0 Å². The second-order valence-electron chi connectivity index (χ2n) is 7.78. The van der Waals surface area contributed by atoms with Gasteiger partial charge >= 0.3 is 11.8 Å². The maximum Gasteiger partial charge on any atom is 0.408 e. The third-order valence-electron chi connectivity index (χ3n) is 4.50. The molecular weight excluding hydrogens is 367 g/mol. The van der Waals surface area contributed by atoms with E-state index in [4.69, 9.17) is 4.74 Å². The summed E-state index contributed by atoms with van der Waals surface area (Å²) in [5.74, 6) is -0.468. The lowest BCUT2D eigenvalue weighted by atomic mass is 9.76. The van der Waals surface area contributed by atoms with Crippen LogP contribution in [0.5, 0.6) is 0 Å². The first-order valence-corrected chi connectivity index (χ1v) is 8.88. The highest BCUT2D eigenvalue weighted by atomic mass is 19.1. The van der Waals surface area contributed by atoms with Crippen molar-refractivity contribution in [2.75, 3.05) is 0 Å². The Balaban J connectivity index is 1.80. The zero-order valence-corrected chi connectivity index (χ0v) is 15.9. The topological polar surface area (TPSA) is 107 Å². The predicted octanol–water partition coefficient (Wildman–Crippen LogP) is 4.09. The molecule has 1 aliphatic carbocycles. The van der Waals surface area contributed by atoms with Crippen LogP contribution in [0, 0.1) is 15.9 Å². The summed E-state index contributed by atoms with van der Waals surface area (Å²) in [7, 11) is 0. The smallest absolute Gasteiger partial charge is 0.408 e. The lowest BCUT2D eigenvalue weighted by Gasteiger charge is -2.41. The van der Waals surface area contributed by atoms with Gasteiger partial charge in [-0.05, 0) is 57.7 Å². The Kier molecular flexibility index (Phi) is 5.01. The van der Waals surface area contributed by atoms with E-state index in [2.05, 4.69) is 15.3 Å². The van der Waals surface area contributed by atoms with Gasteiger partial charge in [-0.2, -0.15) is 4.39 Å². The highest BCUT2D eigenvalue weighted by Gasteiger charge is 2.43. The van der Waals surface area contributed by atoms with Crippen LogP contribution in [0.15, 0.2) is 30.6 Å². The molecule has 1 aliphatic rings. The number of hydrogen-bond donors (Lipinski definition) is 1. The fourth-order valence-corrected chi connectivity index (χ4v) is 2.99. The first kappa shape index (κ1) is 19.7. The van der Waals surface area contributed by atoms with Crippen molar-refractivity contribution in [1.29, 1.82) is 0 Å². The molecule has 148 valence electrons. The van der Waals surface area contributed by atoms with Gasteiger partial charge in [0.25, 0.3) is 0 Å². The maximum atomic E-state index is 13.9. The van der Waals surface area contributed by atoms with Crippen LogP contribution >= 0.6 is 0 Å². The zero-order chi connectivity index (χ0) is 20.5. The van der Waals surface area contributed by atoms with E-state index in [1.54, 1.807) is 20.8 Å². The number of nitrogens with zero attached hydrogens (tertiary/aromatic N) is 3. The second kappa shape index (κ2) is 7.14. The number of hydrogen-bond acceptors (Lipinski definition) is 6. The summed E-state index contributed by atoms with van der Waals surface area (Å²) < 4.78 is 19.2. The molecule has 0 unspecified atom stereocenters. The largest absolute Gasteiger partial charge is 0.444 e. The summed E-state index contributed by atoms with van der Waals surface area (Å²) >= 11 is 0. The maximum absolute atomic E-state index is 13.9. The number of benzene rings is 1. The predicted molar refractivity (Wildman–Crippen MR) is 99.0 cm³/mol. The Labute approximate surface area is 161 Å². The van der Waals surface area contributed by atoms with Crippen LogP contribution in [-0.4, -0.2) is 26.6 Å². The van der Waals surface area contributed by atoms with Crippen molar-refractivity contribution in [1.82, 2.24) is 15.3 Å². The number of nitro benzene ring substituents is 1. The third-order valence-corrected chi connectivity index (χ3v) is 4.50. The lowest BCUT2D eigenvalue weighted by Crippen LogP contribution is -2.53. The number of nitrogens with one attached hydrogen (secondary N) is 1. The molecule has 0 saturated heterocycles. The fraction of sp³-hybridized carbons (Fsp3) is 0.421. The van der Waals surface area contributed by atoms with Crippen LogP contribution in [0.2, 0.25) is 0 Å². The van der Waals surface area contributed by atoms with Crippen molar-refractivity contribution >= 4 is 11.8 Å². The molecule has 1 N–H and O–H groups in total. The molecule has 1 aromatic heterocycles. The summed E-state index contributed by atoms with van der Waals surface area (Å²) in [5.41, 5.74) is -0.931. The molecule has 0 bridgehead atoms. The van der Waals surface area contributed by atoms with Gasteiger partial charge < -0.3 is 10.1 Å². The van der Waals surface area contributed by atoms with Crippen LogP contribution in [-0.2, 0) is 10.3 Å². The summed E-state index contributed by atoms with van der Waals surface area (Å²) in [6, 6.07) is 3.63. The number of ether oxygens (including phenoxy) is 1. The molecule has 0 atom stereocenters. The highest BCUT2D eigenvalue weighted by molar-refractivity contribution is 5.69. The quantitative estimate of drug-likeness (QED) is 0.624. The minimum absolute atomic E-state index is 0.428. The molecule has 0 aliphatic heterocycles. The number of aromatic nitrogens is 2. The molecule has 1 saturated carbocycles. The van der Waals surface area contributed by atoms with Crippen molar-refractivity contribution in [2.45, 2.75) is 51.2 Å². The molecule has 3 rings (SSSR count). The molecule has 1 fully saturated rings. The molecule has 1 amide bonds. The number of halogens is 1. The molecule has 0 spiro atoms. The van der Waals surface area contributed by atoms with E-state index in [0.29, 0.717) is 29.8 Å². The number of carbonyl (C=O) groups is 1. The summed E-state index contributed by atoms with van der Waals surface area (Å²) in [5, 5.41) is 13.6. The molecule has 0 radical (unpaired) electrons. The molecule has 1 heterocycles. The van der Waals surface area contributed by atoms with Crippen molar-refractivity contribution in [3.63, 3.8) is 0 Å². The molecule has 2 aromatic rings. The Bertz CT molecular complexity index is 905. The average Bonchev–Trinajstić information content (AvgIpc) is 2.56. The molecule has 8 nitrogen and oxygen atoms in total. The standard InChI is InChI=1S/C19H21FN4O4/c1-18(2,3)28-17(25)23-19(7-4-8-19)16-21-10-13(11-22-16)12-5-6-15(24(26)27)14(20)9-12/h5-6,9-11H,4,7-8H2,1-3H3,(H,23,25). The van der Waals surface area contributed by atoms with Crippen LogP contribution in [0.3, 0.4) is 0 Å². The van der Waals surface area contributed by atoms with Gasteiger partial charge in [-0.25, -0.2) is 14.8 Å². The van der Waals surface area contributed by atoms with Gasteiger partial charge in [0, 0.05) is 24.0 Å². The van der Waals surface area contributed by atoms with E-state index in [1.807, 2.05) is 0 Å². The minimum atomic E-state index is -0.923. The van der Waals surface area contributed by atoms with Crippen LogP contribution < -0.4 is 5.32 Å². The van der Waals surface area contributed by atoms with Crippen molar-refractivity contribution in [3.8, 4) is 11.1 Å². The van der Waals surface area contributed by atoms with E-state index in [0.717, 1.165) is 18.6 Å². The SMILES string of the molecule is CC(C)(C)OC(=O)NC1(c2ncc(-c3ccc([N+](=O)[O-])c(F)c3)cn2)CCC1. The average molecular weight is 388 g/mol. The fourth-order valence-electron chi connectivity index (χ4n) is 2.99. The normalized spacial score (nSPS) is 15.4. The Morgan fingerprint density at radius 3 is 2.36 bits per heavy atom. The lowest BCUT2D eigenvalue weighted by molar-refractivity contribution is -0.387. The van der Waals surface area contributed by atoms with E-state index in [1.165, 1.54) is 18.5 Å². The van der Waals surface area contributed by atoms with E-state index in [-0.39, 0.29) is 0 Å². The van der Waals surface area contributed by atoms with Gasteiger partial charge in [-0.1, -0.05) is 0 Å². The monoisotopic (exact) mass is 388 g/mol. The number of carbonyl (C=O) groups excluding carboxylic acids is 1. The van der Waals surface area contributed by atoms with Gasteiger partial charge in [0.1, 0.15) is 11.1 Å². The zero-order valence-electron chi connectivity index (χ0n) is 15.9. The summed E-state index contributed by atoms with van der Waals surface area (Å²) in [4.78, 5) is 30.8. The Morgan fingerprint density at radius 1 is 1.25 bits per heavy atom. The van der Waals surface area contributed by atoms with E-state index in [9.17, 15) is 19.3 Å². The summed E-state index contributed by atoms with van der Waals surface area (Å²) in [6.07, 6.45) is 4.81. The van der Waals surface area contributed by atoms with Gasteiger partial charge in [-0.15, -0.1) is 0 Å². The van der Waals surface area contributed by atoms with Crippen LogP contribution in [0.25, 0.3) is 11.1 Å². The van der Waals surface area contributed by atoms with E-state index >= 15 is 0 Å². The van der Waals surface area contributed by atoms with Gasteiger partial charge in [0.15, 0.2) is 5.82 Å². The molecule has 28 heavy (non-hydrogen) atoms. The molecular formula is C19H21FN4O4. The number of amides is 1. The molecule has 1 aromatic carbocycles. The second-order valence-corrected chi connectivity index (χ2v) is 7.78. The highest BCUT2D eigenvalue weighted by Crippen LogP contribution is 2.40. The molecule has 9 heteroatoms. The minimum Gasteiger partial charge on any atom is -0.444 e. The third kappa shape index (κ3) is 4.08. The number of nitro groups is 1. The Morgan fingerprint density at radius 2 is 1.89 bits per heavy atom. The number of rotatable bonds is 4.